The van der Waals surface area contributed by atoms with Crippen LogP contribution in [0.5, 0.6) is 0 Å². The summed E-state index contributed by atoms with van der Waals surface area (Å²) in [5.41, 5.74) is 6.29. The molecule has 1 saturated heterocycles. The van der Waals surface area contributed by atoms with Crippen LogP contribution in [0.1, 0.15) is 46.4 Å². The first-order valence-electron chi connectivity index (χ1n) is 11.2. The lowest BCUT2D eigenvalue weighted by atomic mass is 9.97. The average molecular weight is 412 g/mol. The van der Waals surface area contributed by atoms with E-state index in [4.69, 9.17) is 4.98 Å². The lowest BCUT2D eigenvalue weighted by Crippen LogP contribution is -2.44. The van der Waals surface area contributed by atoms with Gasteiger partial charge in [-0.05, 0) is 74.7 Å². The molecule has 1 amide bonds. The molecule has 2 aliphatic rings. The van der Waals surface area contributed by atoms with Crippen LogP contribution >= 0.6 is 0 Å². The number of amides is 1. The van der Waals surface area contributed by atoms with Crippen molar-refractivity contribution < 1.29 is 4.79 Å². The number of nitrogens with zero attached hydrogens (tertiary/aromatic N) is 3. The van der Waals surface area contributed by atoms with Crippen molar-refractivity contribution >= 4 is 28.5 Å². The van der Waals surface area contributed by atoms with Crippen LogP contribution in [-0.4, -0.2) is 53.9 Å². The number of benzene rings is 2. The second kappa shape index (κ2) is 8.27. The largest absolute Gasteiger partial charge is 0.339 e. The van der Waals surface area contributed by atoms with Gasteiger partial charge in [-0.1, -0.05) is 48.5 Å². The average Bonchev–Trinajstić information content (AvgIpc) is 3.19. The summed E-state index contributed by atoms with van der Waals surface area (Å²) < 4.78 is 0. The smallest absolute Gasteiger partial charge is 0.254 e. The van der Waals surface area contributed by atoms with Crippen LogP contribution in [0.4, 0.5) is 0 Å². The van der Waals surface area contributed by atoms with E-state index in [-0.39, 0.29) is 5.91 Å². The van der Waals surface area contributed by atoms with Crippen molar-refractivity contribution in [3.05, 3.63) is 77.0 Å². The third-order valence-electron chi connectivity index (χ3n) is 6.85. The maximum absolute atomic E-state index is 13.8. The molecular weight excluding hydrogens is 382 g/mol. The first-order valence-corrected chi connectivity index (χ1v) is 11.2. The molecule has 4 heteroatoms. The minimum atomic E-state index is 0.144. The first-order chi connectivity index (χ1) is 15.1. The molecule has 1 aromatic heterocycles. The zero-order valence-corrected chi connectivity index (χ0v) is 18.3. The van der Waals surface area contributed by atoms with Crippen LogP contribution in [0.2, 0.25) is 0 Å². The first kappa shape index (κ1) is 20.0. The number of fused-ring (bicyclic) bond motifs is 2. The molecule has 1 fully saturated rings. The summed E-state index contributed by atoms with van der Waals surface area (Å²) in [4.78, 5) is 23.2. The maximum atomic E-state index is 13.8. The monoisotopic (exact) mass is 411 g/mol. The van der Waals surface area contributed by atoms with Gasteiger partial charge < -0.3 is 9.80 Å². The van der Waals surface area contributed by atoms with E-state index in [1.807, 2.05) is 36.2 Å². The molecule has 31 heavy (non-hydrogen) atoms. The summed E-state index contributed by atoms with van der Waals surface area (Å²) in [5.74, 6) is 0.144. The Hall–Kier alpha value is -2.98. The van der Waals surface area contributed by atoms with Gasteiger partial charge >= 0.3 is 0 Å². The molecule has 0 saturated carbocycles. The number of hydrogen-bond acceptors (Lipinski definition) is 3. The van der Waals surface area contributed by atoms with Crippen LogP contribution in [0, 0.1) is 0 Å². The van der Waals surface area contributed by atoms with Gasteiger partial charge in [-0.2, -0.15) is 0 Å². The SMILES string of the molecule is CN1CCC(N(C)C(=O)c2c3c(nc4ccccc24)/C(=C\c2ccccc2)CC3)CC1. The molecule has 158 valence electrons. The van der Waals surface area contributed by atoms with Crippen LogP contribution in [0.25, 0.3) is 22.6 Å². The van der Waals surface area contributed by atoms with Gasteiger partial charge in [-0.25, -0.2) is 4.98 Å². The number of allylic oxidation sites excluding steroid dienone is 1. The quantitative estimate of drug-likeness (QED) is 0.616. The summed E-state index contributed by atoms with van der Waals surface area (Å²) in [6.07, 6.45) is 6.08. The van der Waals surface area contributed by atoms with Crippen molar-refractivity contribution in [2.24, 2.45) is 0 Å². The number of piperidine rings is 1. The molecule has 5 rings (SSSR count). The molecule has 1 aliphatic carbocycles. The summed E-state index contributed by atoms with van der Waals surface area (Å²) in [6, 6.07) is 18.8. The third-order valence-corrected chi connectivity index (χ3v) is 6.85. The van der Waals surface area contributed by atoms with E-state index < -0.39 is 0 Å². The van der Waals surface area contributed by atoms with Crippen LogP contribution in [0.15, 0.2) is 54.6 Å². The van der Waals surface area contributed by atoms with Crippen molar-refractivity contribution in [1.29, 1.82) is 0 Å². The van der Waals surface area contributed by atoms with Gasteiger partial charge in [0, 0.05) is 18.5 Å². The van der Waals surface area contributed by atoms with Crippen LogP contribution in [-0.2, 0) is 6.42 Å². The molecule has 2 heterocycles. The fourth-order valence-electron chi connectivity index (χ4n) is 5.00. The third kappa shape index (κ3) is 3.77. The molecule has 2 aromatic carbocycles. The van der Waals surface area contributed by atoms with E-state index in [1.54, 1.807) is 0 Å². The van der Waals surface area contributed by atoms with E-state index in [0.717, 1.165) is 66.5 Å². The Morgan fingerprint density at radius 3 is 2.52 bits per heavy atom. The molecule has 0 atom stereocenters. The van der Waals surface area contributed by atoms with E-state index in [9.17, 15) is 4.79 Å². The predicted octanol–water partition coefficient (Wildman–Crippen LogP) is 4.89. The number of rotatable bonds is 3. The van der Waals surface area contributed by atoms with Crippen molar-refractivity contribution in [3.63, 3.8) is 0 Å². The van der Waals surface area contributed by atoms with Gasteiger partial charge in [0.15, 0.2) is 0 Å². The predicted molar refractivity (Wildman–Crippen MR) is 127 cm³/mol. The zero-order chi connectivity index (χ0) is 21.4. The Labute approximate surface area is 184 Å². The van der Waals surface area contributed by atoms with Gasteiger partial charge in [0.25, 0.3) is 5.91 Å². The van der Waals surface area contributed by atoms with Crippen molar-refractivity contribution in [2.45, 2.75) is 31.7 Å². The van der Waals surface area contributed by atoms with Gasteiger partial charge in [0.1, 0.15) is 0 Å². The molecule has 0 spiro atoms. The Morgan fingerprint density at radius 2 is 1.74 bits per heavy atom. The number of carbonyl (C=O) groups is 1. The highest BCUT2D eigenvalue weighted by Crippen LogP contribution is 2.38. The Kier molecular flexibility index (Phi) is 5.33. The molecular formula is C27H29N3O. The lowest BCUT2D eigenvalue weighted by Gasteiger charge is -2.35. The van der Waals surface area contributed by atoms with Gasteiger partial charge in [0.2, 0.25) is 0 Å². The van der Waals surface area contributed by atoms with Crippen molar-refractivity contribution in [1.82, 2.24) is 14.8 Å². The van der Waals surface area contributed by atoms with Gasteiger partial charge in [-0.3, -0.25) is 4.79 Å². The molecule has 3 aromatic rings. The van der Waals surface area contributed by atoms with Gasteiger partial charge in [-0.15, -0.1) is 0 Å². The fraction of sp³-hybridized carbons (Fsp3) is 0.333. The highest BCUT2D eigenvalue weighted by molar-refractivity contribution is 6.09. The minimum absolute atomic E-state index is 0.144. The zero-order valence-electron chi connectivity index (χ0n) is 18.3. The highest BCUT2D eigenvalue weighted by Gasteiger charge is 2.31. The number of likely N-dealkylation sites (tertiary alicyclic amines) is 1. The number of para-hydroxylation sites is 1. The summed E-state index contributed by atoms with van der Waals surface area (Å²) in [5, 5.41) is 0.979. The molecule has 0 unspecified atom stereocenters. The van der Waals surface area contributed by atoms with Gasteiger partial charge in [0.05, 0.1) is 16.8 Å². The molecule has 1 aliphatic heterocycles. The Bertz CT molecular complexity index is 1140. The number of pyridine rings is 1. The van der Waals surface area contributed by atoms with E-state index >= 15 is 0 Å². The lowest BCUT2D eigenvalue weighted by molar-refractivity contribution is 0.0660. The van der Waals surface area contributed by atoms with E-state index in [1.165, 1.54) is 11.1 Å². The van der Waals surface area contributed by atoms with Crippen LogP contribution < -0.4 is 0 Å². The standard InChI is InChI=1S/C27H29N3O/c1-29-16-14-21(15-17-29)30(2)27(31)25-22-10-6-7-11-24(22)28-26-20(12-13-23(25)26)18-19-8-4-3-5-9-19/h3-11,18,21H,12-17H2,1-2H3/b20-18-. The second-order valence-electron chi connectivity index (χ2n) is 8.86. The second-order valence-corrected chi connectivity index (χ2v) is 8.86. The molecule has 0 bridgehead atoms. The minimum Gasteiger partial charge on any atom is -0.339 e. The summed E-state index contributed by atoms with van der Waals surface area (Å²) in [6.45, 7) is 2.09. The maximum Gasteiger partial charge on any atom is 0.254 e. The molecule has 0 N–H and O–H groups in total. The Morgan fingerprint density at radius 1 is 1.03 bits per heavy atom. The van der Waals surface area contributed by atoms with Crippen molar-refractivity contribution in [2.75, 3.05) is 27.2 Å². The van der Waals surface area contributed by atoms with Crippen molar-refractivity contribution in [3.8, 4) is 0 Å². The number of aromatic nitrogens is 1. The van der Waals surface area contributed by atoms with Crippen LogP contribution in [0.3, 0.4) is 0 Å². The summed E-state index contributed by atoms with van der Waals surface area (Å²) in [7, 11) is 4.14. The number of carbonyl (C=O) groups excluding carboxylic acids is 1. The normalized spacial score (nSPS) is 18.5. The molecule has 0 radical (unpaired) electrons. The molecule has 4 nitrogen and oxygen atoms in total. The van der Waals surface area contributed by atoms with E-state index in [2.05, 4.69) is 48.4 Å². The highest BCUT2D eigenvalue weighted by atomic mass is 16.2. The van der Waals surface area contributed by atoms with E-state index in [0.29, 0.717) is 6.04 Å². The number of hydrogen-bond donors (Lipinski definition) is 0. The fourth-order valence-corrected chi connectivity index (χ4v) is 5.00. The topological polar surface area (TPSA) is 36.4 Å². The summed E-state index contributed by atoms with van der Waals surface area (Å²) >= 11 is 0. The Balaban J connectivity index is 1.58.